The van der Waals surface area contributed by atoms with Crippen molar-refractivity contribution in [1.29, 1.82) is 0 Å². The summed E-state index contributed by atoms with van der Waals surface area (Å²) >= 11 is 0. The second-order valence-corrected chi connectivity index (χ2v) is 11.2. The molecule has 0 radical (unpaired) electrons. The Kier molecular flexibility index (Phi) is 11.0. The third kappa shape index (κ3) is 8.74. The minimum absolute atomic E-state index is 0.105. The molecule has 2 N–H and O–H groups in total. The number of hydrazone groups is 1. The number of sulfonamides is 1. The monoisotopic (exact) mass is 632 g/mol. The predicted octanol–water partition coefficient (Wildman–Crippen LogP) is 4.08. The third-order valence-electron chi connectivity index (χ3n) is 6.30. The summed E-state index contributed by atoms with van der Waals surface area (Å²) in [6, 6.07) is 26.1. The number of nitrogens with zero attached hydrogens (tertiary/aromatic N) is 2. The van der Waals surface area contributed by atoms with Gasteiger partial charge in [-0.3, -0.25) is 13.9 Å². The quantitative estimate of drug-likeness (QED) is 0.156. The number of anilines is 2. The first-order valence-corrected chi connectivity index (χ1v) is 15.0. The standard InChI is InChI=1S/C32H32N4O8S/c1-41-26-15-11-25(12-16-26)36(45(39,40)28-17-18-29(42-2)30(19-28)43-3)21-31(37)35-33-20-23-9-13-27(14-10-23)44-22-32(38)34-24-7-5-4-6-8-24/h4-20H,21-22H2,1-3H3,(H,34,38)(H,35,37)/b33-20+. The molecule has 12 nitrogen and oxygen atoms in total. The zero-order valence-electron chi connectivity index (χ0n) is 24.8. The van der Waals surface area contributed by atoms with Gasteiger partial charge in [0.15, 0.2) is 18.1 Å². The molecule has 4 aromatic rings. The highest BCUT2D eigenvalue weighted by atomic mass is 32.2. The first-order valence-electron chi connectivity index (χ1n) is 13.5. The van der Waals surface area contributed by atoms with Crippen LogP contribution in [0.2, 0.25) is 0 Å². The molecule has 13 heteroatoms. The van der Waals surface area contributed by atoms with E-state index in [1.165, 1.54) is 57.9 Å². The maximum absolute atomic E-state index is 13.7. The van der Waals surface area contributed by atoms with Crippen LogP contribution in [0.5, 0.6) is 23.0 Å². The van der Waals surface area contributed by atoms with Gasteiger partial charge in [-0.2, -0.15) is 5.10 Å². The lowest BCUT2D eigenvalue weighted by Crippen LogP contribution is -2.39. The molecule has 0 saturated heterocycles. The second-order valence-electron chi connectivity index (χ2n) is 9.29. The number of hydrogen-bond acceptors (Lipinski definition) is 9. The molecule has 0 fully saturated rings. The van der Waals surface area contributed by atoms with Crippen LogP contribution in [-0.2, 0) is 19.6 Å². The molecule has 0 atom stereocenters. The van der Waals surface area contributed by atoms with Crippen molar-refractivity contribution < 1.29 is 37.0 Å². The van der Waals surface area contributed by atoms with Crippen molar-refractivity contribution >= 4 is 39.4 Å². The molecule has 0 aromatic heterocycles. The second kappa shape index (κ2) is 15.3. The van der Waals surface area contributed by atoms with E-state index in [1.54, 1.807) is 48.5 Å². The number of nitrogens with one attached hydrogen (secondary N) is 2. The van der Waals surface area contributed by atoms with E-state index in [4.69, 9.17) is 18.9 Å². The summed E-state index contributed by atoms with van der Waals surface area (Å²) in [5.74, 6) is 0.571. The van der Waals surface area contributed by atoms with Crippen molar-refractivity contribution in [1.82, 2.24) is 5.43 Å². The number of amides is 2. The Hall–Kier alpha value is -5.56. The molecule has 2 amide bonds. The Morgan fingerprint density at radius 3 is 2.09 bits per heavy atom. The summed E-state index contributed by atoms with van der Waals surface area (Å²) in [6.07, 6.45) is 1.39. The highest BCUT2D eigenvalue weighted by Gasteiger charge is 2.28. The molecule has 45 heavy (non-hydrogen) atoms. The Morgan fingerprint density at radius 1 is 0.778 bits per heavy atom. The van der Waals surface area contributed by atoms with Crippen molar-refractivity contribution in [3.63, 3.8) is 0 Å². The van der Waals surface area contributed by atoms with Crippen LogP contribution >= 0.6 is 0 Å². The van der Waals surface area contributed by atoms with E-state index in [2.05, 4.69) is 15.8 Å². The summed E-state index contributed by atoms with van der Waals surface area (Å²) in [4.78, 5) is 24.9. The molecule has 0 heterocycles. The number of carbonyl (C=O) groups excluding carboxylic acids is 2. The summed E-state index contributed by atoms with van der Waals surface area (Å²) in [5.41, 5.74) is 3.90. The van der Waals surface area contributed by atoms with Crippen molar-refractivity contribution in [3.8, 4) is 23.0 Å². The molecule has 234 valence electrons. The summed E-state index contributed by atoms with van der Waals surface area (Å²) in [7, 11) is 0.0922. The molecule has 0 aliphatic rings. The molecule has 0 spiro atoms. The molecule has 0 bridgehead atoms. The topological polar surface area (TPSA) is 145 Å². The zero-order chi connectivity index (χ0) is 32.2. The first-order chi connectivity index (χ1) is 21.7. The fourth-order valence-electron chi connectivity index (χ4n) is 4.03. The van der Waals surface area contributed by atoms with Gasteiger partial charge >= 0.3 is 0 Å². The fourth-order valence-corrected chi connectivity index (χ4v) is 5.47. The summed E-state index contributed by atoms with van der Waals surface area (Å²) < 4.78 is 49.6. The van der Waals surface area contributed by atoms with Gasteiger partial charge in [0, 0.05) is 11.8 Å². The van der Waals surface area contributed by atoms with E-state index >= 15 is 0 Å². The number of para-hydroxylation sites is 1. The number of methoxy groups -OCH3 is 3. The van der Waals surface area contributed by atoms with Crippen LogP contribution in [0.1, 0.15) is 5.56 Å². The third-order valence-corrected chi connectivity index (χ3v) is 8.07. The van der Waals surface area contributed by atoms with Crippen molar-refractivity contribution in [2.45, 2.75) is 4.90 Å². The zero-order valence-corrected chi connectivity index (χ0v) is 25.6. The Morgan fingerprint density at radius 2 is 1.44 bits per heavy atom. The predicted molar refractivity (Wildman–Crippen MR) is 170 cm³/mol. The molecule has 0 unspecified atom stereocenters. The SMILES string of the molecule is COc1ccc(N(CC(=O)N/N=C/c2ccc(OCC(=O)Nc3ccccc3)cc2)S(=O)(=O)c2ccc(OC)c(OC)c2)cc1. The van der Waals surface area contributed by atoms with E-state index < -0.39 is 22.5 Å². The number of benzene rings is 4. The van der Waals surface area contributed by atoms with Gasteiger partial charge in [-0.05, 0) is 78.4 Å². The number of ether oxygens (including phenoxy) is 4. The maximum Gasteiger partial charge on any atom is 0.264 e. The van der Waals surface area contributed by atoms with Crippen LogP contribution in [0.25, 0.3) is 0 Å². The molecular weight excluding hydrogens is 600 g/mol. The van der Waals surface area contributed by atoms with Crippen LogP contribution in [0.15, 0.2) is 107 Å². The van der Waals surface area contributed by atoms with E-state index in [0.717, 1.165) is 4.31 Å². The molecule has 0 saturated carbocycles. The van der Waals surface area contributed by atoms with Gasteiger partial charge in [-0.25, -0.2) is 13.8 Å². The van der Waals surface area contributed by atoms with E-state index in [-0.39, 0.29) is 28.8 Å². The molecule has 0 aliphatic carbocycles. The van der Waals surface area contributed by atoms with Crippen LogP contribution in [0, 0.1) is 0 Å². The van der Waals surface area contributed by atoms with Crippen molar-refractivity contribution in [2.24, 2.45) is 5.10 Å². The van der Waals surface area contributed by atoms with Gasteiger partial charge < -0.3 is 24.3 Å². The van der Waals surface area contributed by atoms with Crippen molar-refractivity contribution in [3.05, 3.63) is 103 Å². The van der Waals surface area contributed by atoms with Gasteiger partial charge in [-0.15, -0.1) is 0 Å². The van der Waals surface area contributed by atoms with E-state index in [9.17, 15) is 18.0 Å². The van der Waals surface area contributed by atoms with Gasteiger partial charge in [0.2, 0.25) is 0 Å². The lowest BCUT2D eigenvalue weighted by atomic mass is 10.2. The van der Waals surface area contributed by atoms with Gasteiger partial charge in [0.05, 0.1) is 38.1 Å². The Balaban J connectivity index is 1.41. The first kappa shape index (κ1) is 32.4. The van der Waals surface area contributed by atoms with Gasteiger partial charge in [0.25, 0.3) is 21.8 Å². The van der Waals surface area contributed by atoms with Crippen LogP contribution < -0.4 is 34.0 Å². The lowest BCUT2D eigenvalue weighted by Gasteiger charge is -2.24. The Bertz CT molecular complexity index is 1730. The van der Waals surface area contributed by atoms with Crippen LogP contribution in [-0.4, -0.2) is 60.9 Å². The molecular formula is C32H32N4O8S. The number of hydrogen-bond donors (Lipinski definition) is 2. The average Bonchev–Trinajstić information content (AvgIpc) is 3.07. The van der Waals surface area contributed by atoms with E-state index in [0.29, 0.717) is 28.5 Å². The maximum atomic E-state index is 13.7. The Labute approximate surface area is 261 Å². The molecule has 4 rings (SSSR count). The van der Waals surface area contributed by atoms with Gasteiger partial charge in [-0.1, -0.05) is 18.2 Å². The minimum atomic E-state index is -4.24. The fraction of sp³-hybridized carbons (Fsp3) is 0.156. The number of carbonyl (C=O) groups is 2. The summed E-state index contributed by atoms with van der Waals surface area (Å²) in [5, 5.41) is 6.70. The summed E-state index contributed by atoms with van der Waals surface area (Å²) in [6.45, 7) is -0.743. The lowest BCUT2D eigenvalue weighted by molar-refractivity contribution is -0.119. The largest absolute Gasteiger partial charge is 0.497 e. The van der Waals surface area contributed by atoms with Gasteiger partial charge in [0.1, 0.15) is 18.0 Å². The molecule has 4 aromatic carbocycles. The van der Waals surface area contributed by atoms with Crippen LogP contribution in [0.3, 0.4) is 0 Å². The smallest absolute Gasteiger partial charge is 0.264 e. The highest BCUT2D eigenvalue weighted by Crippen LogP contribution is 2.32. The van der Waals surface area contributed by atoms with E-state index in [1.807, 2.05) is 18.2 Å². The van der Waals surface area contributed by atoms with Crippen molar-refractivity contribution in [2.75, 3.05) is 44.1 Å². The molecule has 0 aliphatic heterocycles. The highest BCUT2D eigenvalue weighted by molar-refractivity contribution is 7.92. The van der Waals surface area contributed by atoms with Crippen LogP contribution in [0.4, 0.5) is 11.4 Å². The number of rotatable bonds is 14. The average molecular weight is 633 g/mol. The normalized spacial score (nSPS) is 11.0. The minimum Gasteiger partial charge on any atom is -0.497 e.